The highest BCUT2D eigenvalue weighted by atomic mass is 16.5. The molecule has 1 aliphatic rings. The Bertz CT molecular complexity index is 1220. The van der Waals surface area contributed by atoms with Crippen molar-refractivity contribution in [3.63, 3.8) is 0 Å². The lowest BCUT2D eigenvalue weighted by molar-refractivity contribution is -0.113. The predicted molar refractivity (Wildman–Crippen MR) is 122 cm³/mol. The Morgan fingerprint density at radius 2 is 1.73 bits per heavy atom. The lowest BCUT2D eigenvalue weighted by Gasteiger charge is -2.29. The quantitative estimate of drug-likeness (QED) is 0.564. The van der Waals surface area contributed by atoms with Crippen LogP contribution in [0.25, 0.3) is 0 Å². The van der Waals surface area contributed by atoms with E-state index in [0.29, 0.717) is 45.9 Å². The van der Waals surface area contributed by atoms with Crippen LogP contribution in [0.1, 0.15) is 18.5 Å². The highest BCUT2D eigenvalue weighted by Gasteiger charge is 2.34. The molecule has 0 saturated heterocycles. The van der Waals surface area contributed by atoms with Crippen molar-refractivity contribution in [2.75, 3.05) is 39.1 Å². The number of rotatable bonds is 7. The summed E-state index contributed by atoms with van der Waals surface area (Å²) >= 11 is 0. The van der Waals surface area contributed by atoms with Crippen LogP contribution < -0.4 is 29.6 Å². The molecule has 1 aromatic heterocycles. The van der Waals surface area contributed by atoms with E-state index < -0.39 is 6.04 Å². The monoisotopic (exact) mass is 451 g/mol. The van der Waals surface area contributed by atoms with Crippen LogP contribution in [0.2, 0.25) is 0 Å². The number of ether oxygens (including phenoxy) is 4. The van der Waals surface area contributed by atoms with Gasteiger partial charge in [-0.1, -0.05) is 6.07 Å². The molecule has 0 saturated carbocycles. The summed E-state index contributed by atoms with van der Waals surface area (Å²) in [4.78, 5) is 17.8. The zero-order valence-electron chi connectivity index (χ0n) is 19.0. The third-order valence-corrected chi connectivity index (χ3v) is 5.42. The third kappa shape index (κ3) is 4.02. The van der Waals surface area contributed by atoms with Crippen molar-refractivity contribution in [2.45, 2.75) is 13.0 Å². The fraction of sp³-hybridized carbons (Fsp3) is 0.261. The third-order valence-electron chi connectivity index (χ3n) is 5.42. The normalized spacial score (nSPS) is 14.8. The lowest BCUT2D eigenvalue weighted by atomic mass is 9.94. The summed E-state index contributed by atoms with van der Waals surface area (Å²) in [6.45, 7) is 1.83. The molecular formula is C23H25N5O5. The van der Waals surface area contributed by atoms with Gasteiger partial charge in [0.05, 0.1) is 39.7 Å². The predicted octanol–water partition coefficient (Wildman–Crippen LogP) is 3.24. The van der Waals surface area contributed by atoms with E-state index >= 15 is 0 Å². The molecule has 2 aromatic carbocycles. The zero-order valence-corrected chi connectivity index (χ0v) is 19.0. The van der Waals surface area contributed by atoms with Gasteiger partial charge in [0, 0.05) is 11.8 Å². The number of aromatic nitrogens is 3. The smallest absolute Gasteiger partial charge is 0.255 e. The number of nitrogens with one attached hydrogen (secondary N) is 2. The standard InChI is InChI=1S/C23H25N5O5/c1-13-20(22(29)27-16-8-7-15(30-2)11-18(16)32-4)21(28-23(26-13)24-12-25-28)14-6-9-17(31-3)19(10-14)33-5/h6-12,21H,1-5H3,(H,27,29)(H,24,25,26). The van der Waals surface area contributed by atoms with E-state index in [2.05, 4.69) is 20.7 Å². The molecule has 4 rings (SSSR count). The minimum Gasteiger partial charge on any atom is -0.497 e. The van der Waals surface area contributed by atoms with Crippen LogP contribution in [0.4, 0.5) is 11.6 Å². The molecule has 2 heterocycles. The Kier molecular flexibility index (Phi) is 6.07. The van der Waals surface area contributed by atoms with Gasteiger partial charge in [-0.3, -0.25) is 4.79 Å². The number of fused-ring (bicyclic) bond motifs is 1. The fourth-order valence-corrected chi connectivity index (χ4v) is 3.81. The first kappa shape index (κ1) is 22.0. The van der Waals surface area contributed by atoms with Crippen LogP contribution in [0.3, 0.4) is 0 Å². The molecule has 3 aromatic rings. The molecule has 1 amide bonds. The highest BCUT2D eigenvalue weighted by molar-refractivity contribution is 6.06. The summed E-state index contributed by atoms with van der Waals surface area (Å²) in [7, 11) is 6.24. The number of anilines is 2. The Hall–Kier alpha value is -4.21. The Morgan fingerprint density at radius 1 is 0.970 bits per heavy atom. The molecule has 0 aliphatic carbocycles. The summed E-state index contributed by atoms with van der Waals surface area (Å²) in [6.07, 6.45) is 1.44. The average Bonchev–Trinajstić information content (AvgIpc) is 3.30. The average molecular weight is 451 g/mol. The summed E-state index contributed by atoms with van der Waals surface area (Å²) in [5.74, 6) is 2.45. The van der Waals surface area contributed by atoms with Crippen LogP contribution in [0, 0.1) is 0 Å². The highest BCUT2D eigenvalue weighted by Crippen LogP contribution is 2.39. The second kappa shape index (κ2) is 9.11. The van der Waals surface area contributed by atoms with E-state index in [1.54, 1.807) is 50.3 Å². The minimum atomic E-state index is -0.548. The number of amides is 1. The van der Waals surface area contributed by atoms with Crippen molar-refractivity contribution in [1.82, 2.24) is 14.8 Å². The van der Waals surface area contributed by atoms with Gasteiger partial charge >= 0.3 is 0 Å². The SMILES string of the molecule is COc1ccc(NC(=O)C2=C(C)Nc3ncnn3C2c2ccc(OC)c(OC)c2)c(OC)c1. The maximum Gasteiger partial charge on any atom is 0.255 e. The van der Waals surface area contributed by atoms with Crippen LogP contribution >= 0.6 is 0 Å². The van der Waals surface area contributed by atoms with Crippen molar-refractivity contribution in [3.8, 4) is 23.0 Å². The van der Waals surface area contributed by atoms with Crippen molar-refractivity contribution >= 4 is 17.5 Å². The van der Waals surface area contributed by atoms with Gasteiger partial charge in [-0.25, -0.2) is 4.68 Å². The van der Waals surface area contributed by atoms with Crippen LogP contribution in [0.5, 0.6) is 23.0 Å². The molecule has 1 atom stereocenters. The summed E-state index contributed by atoms with van der Waals surface area (Å²) in [5, 5.41) is 10.5. The number of nitrogens with zero attached hydrogens (tertiary/aromatic N) is 3. The number of allylic oxidation sites excluding steroid dienone is 1. The first-order chi connectivity index (χ1) is 16.0. The molecule has 172 valence electrons. The number of carbonyl (C=O) groups is 1. The fourth-order valence-electron chi connectivity index (χ4n) is 3.81. The van der Waals surface area contributed by atoms with Crippen molar-refractivity contribution in [2.24, 2.45) is 0 Å². The largest absolute Gasteiger partial charge is 0.497 e. The van der Waals surface area contributed by atoms with E-state index in [1.807, 2.05) is 19.1 Å². The first-order valence-electron chi connectivity index (χ1n) is 10.1. The van der Waals surface area contributed by atoms with Crippen molar-refractivity contribution in [3.05, 3.63) is 59.6 Å². The summed E-state index contributed by atoms with van der Waals surface area (Å²) < 4.78 is 23.2. The lowest BCUT2D eigenvalue weighted by Crippen LogP contribution is -2.31. The first-order valence-corrected chi connectivity index (χ1v) is 10.1. The number of hydrogen-bond acceptors (Lipinski definition) is 8. The summed E-state index contributed by atoms with van der Waals surface area (Å²) in [6, 6.07) is 10.1. The van der Waals surface area contributed by atoms with Gasteiger partial charge in [0.2, 0.25) is 5.95 Å². The molecule has 2 N–H and O–H groups in total. The van der Waals surface area contributed by atoms with E-state index in [1.165, 1.54) is 13.4 Å². The van der Waals surface area contributed by atoms with Crippen molar-refractivity contribution < 1.29 is 23.7 Å². The van der Waals surface area contributed by atoms with E-state index in [4.69, 9.17) is 18.9 Å². The number of benzene rings is 2. The summed E-state index contributed by atoms with van der Waals surface area (Å²) in [5.41, 5.74) is 2.42. The van der Waals surface area contributed by atoms with Gasteiger partial charge in [0.15, 0.2) is 11.5 Å². The van der Waals surface area contributed by atoms with E-state index in [-0.39, 0.29) is 5.91 Å². The van der Waals surface area contributed by atoms with Gasteiger partial charge in [-0.2, -0.15) is 10.1 Å². The van der Waals surface area contributed by atoms with Crippen molar-refractivity contribution in [1.29, 1.82) is 0 Å². The molecule has 1 unspecified atom stereocenters. The van der Waals surface area contributed by atoms with Crippen LogP contribution in [-0.2, 0) is 4.79 Å². The number of methoxy groups -OCH3 is 4. The van der Waals surface area contributed by atoms with E-state index in [0.717, 1.165) is 5.56 Å². The van der Waals surface area contributed by atoms with Gasteiger partial charge in [0.1, 0.15) is 23.9 Å². The van der Waals surface area contributed by atoms with Gasteiger partial charge in [0.25, 0.3) is 5.91 Å². The Balaban J connectivity index is 1.77. The molecule has 0 bridgehead atoms. The van der Waals surface area contributed by atoms with Crippen LogP contribution in [0.15, 0.2) is 54.0 Å². The maximum atomic E-state index is 13.6. The second-order valence-corrected chi connectivity index (χ2v) is 7.23. The molecule has 33 heavy (non-hydrogen) atoms. The zero-order chi connectivity index (χ0) is 23.5. The van der Waals surface area contributed by atoms with Gasteiger partial charge in [-0.05, 0) is 36.8 Å². The molecule has 1 aliphatic heterocycles. The second-order valence-electron chi connectivity index (χ2n) is 7.23. The van der Waals surface area contributed by atoms with E-state index in [9.17, 15) is 4.79 Å². The minimum absolute atomic E-state index is 0.315. The molecule has 10 nitrogen and oxygen atoms in total. The Morgan fingerprint density at radius 3 is 2.42 bits per heavy atom. The molecular weight excluding hydrogens is 426 g/mol. The number of carbonyl (C=O) groups excluding carboxylic acids is 1. The number of hydrogen-bond donors (Lipinski definition) is 2. The molecule has 10 heteroatoms. The Labute approximate surface area is 191 Å². The molecule has 0 fully saturated rings. The van der Waals surface area contributed by atoms with Gasteiger partial charge in [-0.15, -0.1) is 0 Å². The molecule has 0 spiro atoms. The van der Waals surface area contributed by atoms with Crippen LogP contribution in [-0.4, -0.2) is 49.1 Å². The maximum absolute atomic E-state index is 13.6. The van der Waals surface area contributed by atoms with Gasteiger partial charge < -0.3 is 29.6 Å². The molecule has 0 radical (unpaired) electrons. The topological polar surface area (TPSA) is 109 Å².